The van der Waals surface area contributed by atoms with Gasteiger partial charge in [0, 0.05) is 11.6 Å². The minimum absolute atomic E-state index is 0.00422. The Bertz CT molecular complexity index is 1180. The molecule has 0 unspecified atom stereocenters. The van der Waals surface area contributed by atoms with Crippen LogP contribution >= 0.6 is 23.4 Å². The maximum absolute atomic E-state index is 12.4. The van der Waals surface area contributed by atoms with Gasteiger partial charge in [0.15, 0.2) is 20.8 Å². The van der Waals surface area contributed by atoms with Crippen LogP contribution in [0.4, 0.5) is 0 Å². The third-order valence-corrected chi connectivity index (χ3v) is 8.01. The highest BCUT2D eigenvalue weighted by Crippen LogP contribution is 2.30. The summed E-state index contributed by atoms with van der Waals surface area (Å²) >= 11 is 7.65. The zero-order chi connectivity index (χ0) is 21.8. The van der Waals surface area contributed by atoms with Crippen LogP contribution in [-0.2, 0) is 21.2 Å². The van der Waals surface area contributed by atoms with E-state index in [4.69, 9.17) is 11.6 Å². The highest BCUT2D eigenvalue weighted by atomic mass is 35.5. The number of benzene rings is 2. The van der Waals surface area contributed by atoms with E-state index in [0.717, 1.165) is 11.1 Å². The third kappa shape index (κ3) is 5.47. The van der Waals surface area contributed by atoms with Crippen LogP contribution in [0, 0.1) is 0 Å². The van der Waals surface area contributed by atoms with E-state index in [1.165, 1.54) is 11.8 Å². The van der Waals surface area contributed by atoms with E-state index in [1.807, 2.05) is 53.1 Å². The molecular weight excluding hydrogens is 456 g/mol. The fourth-order valence-electron chi connectivity index (χ4n) is 3.45. The van der Waals surface area contributed by atoms with Gasteiger partial charge in [-0.3, -0.25) is 9.36 Å². The smallest absolute Gasteiger partial charge is 0.230 e. The molecule has 1 atom stereocenters. The molecule has 31 heavy (non-hydrogen) atoms. The van der Waals surface area contributed by atoms with E-state index in [-0.39, 0.29) is 29.2 Å². The van der Waals surface area contributed by atoms with Crippen molar-refractivity contribution in [1.29, 1.82) is 0 Å². The highest BCUT2D eigenvalue weighted by molar-refractivity contribution is 7.99. The number of carbonyl (C=O) groups is 1. The molecular formula is C21H21ClN4O3S2. The van der Waals surface area contributed by atoms with Gasteiger partial charge >= 0.3 is 0 Å². The molecule has 1 aliphatic heterocycles. The number of hydrogen-bond donors (Lipinski definition) is 1. The Hall–Kier alpha value is -2.36. The van der Waals surface area contributed by atoms with Gasteiger partial charge in [-0.15, -0.1) is 10.2 Å². The lowest BCUT2D eigenvalue weighted by molar-refractivity contribution is -0.119. The average Bonchev–Trinajstić information content (AvgIpc) is 3.30. The van der Waals surface area contributed by atoms with Crippen molar-refractivity contribution in [3.63, 3.8) is 0 Å². The van der Waals surface area contributed by atoms with E-state index >= 15 is 0 Å². The molecule has 0 radical (unpaired) electrons. The number of nitrogens with zero attached hydrogens (tertiary/aromatic N) is 3. The summed E-state index contributed by atoms with van der Waals surface area (Å²) in [6.07, 6.45) is 0.458. The quantitative estimate of drug-likeness (QED) is 0.527. The summed E-state index contributed by atoms with van der Waals surface area (Å²) in [7, 11) is -3.04. The van der Waals surface area contributed by atoms with Crippen molar-refractivity contribution in [2.75, 3.05) is 17.3 Å². The summed E-state index contributed by atoms with van der Waals surface area (Å²) in [4.78, 5) is 12.4. The predicted octanol–water partition coefficient (Wildman–Crippen LogP) is 3.04. The van der Waals surface area contributed by atoms with Crippen molar-refractivity contribution in [3.8, 4) is 11.4 Å². The first kappa shape index (κ1) is 21.9. The van der Waals surface area contributed by atoms with Gasteiger partial charge in [0.05, 0.1) is 28.8 Å². The van der Waals surface area contributed by atoms with Crippen LogP contribution < -0.4 is 5.32 Å². The summed E-state index contributed by atoms with van der Waals surface area (Å²) in [6, 6.07) is 17.0. The van der Waals surface area contributed by atoms with Crippen molar-refractivity contribution >= 4 is 39.1 Å². The molecule has 162 valence electrons. The molecule has 1 amide bonds. The first-order chi connectivity index (χ1) is 14.9. The lowest BCUT2D eigenvalue weighted by Gasteiger charge is -2.12. The van der Waals surface area contributed by atoms with Gasteiger partial charge in [-0.25, -0.2) is 8.42 Å². The predicted molar refractivity (Wildman–Crippen MR) is 122 cm³/mol. The number of nitrogens with one attached hydrogen (secondary N) is 1. The van der Waals surface area contributed by atoms with Crippen LogP contribution in [0.2, 0.25) is 5.02 Å². The molecule has 1 saturated heterocycles. The molecule has 2 heterocycles. The molecule has 10 heteroatoms. The molecule has 3 aromatic rings. The van der Waals surface area contributed by atoms with E-state index < -0.39 is 9.84 Å². The largest absolute Gasteiger partial charge is 0.352 e. The monoisotopic (exact) mass is 476 g/mol. The summed E-state index contributed by atoms with van der Waals surface area (Å²) in [5.74, 6) is 0.647. The van der Waals surface area contributed by atoms with Gasteiger partial charge in [-0.2, -0.15) is 0 Å². The molecule has 0 saturated carbocycles. The number of sulfone groups is 1. The Balaban J connectivity index is 1.53. The second-order valence-electron chi connectivity index (χ2n) is 7.31. The van der Waals surface area contributed by atoms with Gasteiger partial charge in [-0.1, -0.05) is 65.8 Å². The van der Waals surface area contributed by atoms with Crippen LogP contribution in [0.1, 0.15) is 12.0 Å². The number of carbonyl (C=O) groups excluding carboxylic acids is 1. The molecule has 0 bridgehead atoms. The maximum atomic E-state index is 12.4. The van der Waals surface area contributed by atoms with Crippen LogP contribution in [0.25, 0.3) is 11.4 Å². The first-order valence-corrected chi connectivity index (χ1v) is 12.9. The number of amides is 1. The molecule has 7 nitrogen and oxygen atoms in total. The molecule has 0 aliphatic carbocycles. The normalized spacial score (nSPS) is 17.5. The maximum Gasteiger partial charge on any atom is 0.230 e. The van der Waals surface area contributed by atoms with Gasteiger partial charge < -0.3 is 5.32 Å². The Morgan fingerprint density at radius 1 is 1.13 bits per heavy atom. The standard InChI is InChI=1S/C21H21ClN4O3S2/c22-18-9-5-4-8-17(18)20-24-25-21(26(20)12-15-6-2-1-3-7-15)30-13-19(27)23-16-10-11-31(28,29)14-16/h1-9,16H,10-14H2,(H,23,27)/t16-/m1/s1. The van der Waals surface area contributed by atoms with E-state index in [0.29, 0.717) is 29.0 Å². The SMILES string of the molecule is O=C(CSc1nnc(-c2ccccc2Cl)n1Cc1ccccc1)N[C@@H]1CCS(=O)(=O)C1. The lowest BCUT2D eigenvalue weighted by Crippen LogP contribution is -2.36. The summed E-state index contributed by atoms with van der Waals surface area (Å²) in [6.45, 7) is 0.527. The van der Waals surface area contributed by atoms with Gasteiger partial charge in [0.25, 0.3) is 0 Å². The minimum atomic E-state index is -3.04. The fraction of sp³-hybridized carbons (Fsp3) is 0.286. The van der Waals surface area contributed by atoms with Crippen molar-refractivity contribution < 1.29 is 13.2 Å². The van der Waals surface area contributed by atoms with Gasteiger partial charge in [0.1, 0.15) is 0 Å². The van der Waals surface area contributed by atoms with Crippen molar-refractivity contribution in [2.45, 2.75) is 24.2 Å². The van der Waals surface area contributed by atoms with Gasteiger partial charge in [-0.05, 0) is 24.1 Å². The zero-order valence-electron chi connectivity index (χ0n) is 16.6. The Kier molecular flexibility index (Phi) is 6.64. The molecule has 1 aromatic heterocycles. The number of hydrogen-bond acceptors (Lipinski definition) is 6. The summed E-state index contributed by atoms with van der Waals surface area (Å²) in [5, 5.41) is 12.6. The number of thioether (sulfide) groups is 1. The van der Waals surface area contributed by atoms with Crippen LogP contribution in [0.5, 0.6) is 0 Å². The zero-order valence-corrected chi connectivity index (χ0v) is 19.0. The molecule has 0 spiro atoms. The van der Waals surface area contributed by atoms with Gasteiger partial charge in [0.2, 0.25) is 5.91 Å². The Morgan fingerprint density at radius 2 is 1.87 bits per heavy atom. The summed E-state index contributed by atoms with van der Waals surface area (Å²) < 4.78 is 25.1. The second-order valence-corrected chi connectivity index (χ2v) is 10.9. The van der Waals surface area contributed by atoms with E-state index in [9.17, 15) is 13.2 Å². The highest BCUT2D eigenvalue weighted by Gasteiger charge is 2.29. The molecule has 4 rings (SSSR count). The van der Waals surface area contributed by atoms with E-state index in [1.54, 1.807) is 6.07 Å². The van der Waals surface area contributed by atoms with Crippen LogP contribution in [-0.4, -0.2) is 52.4 Å². The van der Waals surface area contributed by atoms with Crippen molar-refractivity contribution in [1.82, 2.24) is 20.1 Å². The average molecular weight is 477 g/mol. The third-order valence-electron chi connectivity index (χ3n) is 4.95. The Labute approximate surface area is 190 Å². The second kappa shape index (κ2) is 9.42. The summed E-state index contributed by atoms with van der Waals surface area (Å²) in [5.41, 5.74) is 1.83. The lowest BCUT2D eigenvalue weighted by atomic mass is 10.2. The number of aromatic nitrogens is 3. The molecule has 1 N–H and O–H groups in total. The number of rotatable bonds is 7. The van der Waals surface area contributed by atoms with Crippen molar-refractivity contribution in [2.24, 2.45) is 0 Å². The van der Waals surface area contributed by atoms with Crippen LogP contribution in [0.3, 0.4) is 0 Å². The van der Waals surface area contributed by atoms with Crippen LogP contribution in [0.15, 0.2) is 59.8 Å². The van der Waals surface area contributed by atoms with E-state index in [2.05, 4.69) is 15.5 Å². The van der Waals surface area contributed by atoms with Crippen molar-refractivity contribution in [3.05, 3.63) is 65.2 Å². The minimum Gasteiger partial charge on any atom is -0.352 e. The molecule has 2 aromatic carbocycles. The Morgan fingerprint density at radius 3 is 2.58 bits per heavy atom. The molecule has 1 fully saturated rings. The molecule has 1 aliphatic rings. The topological polar surface area (TPSA) is 93.9 Å². The first-order valence-electron chi connectivity index (χ1n) is 9.76. The fourth-order valence-corrected chi connectivity index (χ4v) is 6.10. The number of halogens is 1.